The van der Waals surface area contributed by atoms with Crippen LogP contribution in [0.5, 0.6) is 5.75 Å². The molecule has 1 atom stereocenters. The molecule has 1 unspecified atom stereocenters. The van der Waals surface area contributed by atoms with Crippen LogP contribution in [0, 0.1) is 6.92 Å². The molecule has 142 valence electrons. The molecule has 0 saturated carbocycles. The molecule has 28 heavy (non-hydrogen) atoms. The number of tetrazole rings is 1. The Morgan fingerprint density at radius 3 is 2.68 bits per heavy atom. The molecule has 1 amide bonds. The molecule has 1 aliphatic heterocycles. The molecule has 3 aromatic rings. The van der Waals surface area contributed by atoms with Crippen LogP contribution in [0.2, 0.25) is 0 Å². The van der Waals surface area contributed by atoms with E-state index in [1.54, 1.807) is 11.8 Å². The number of aryl methyl sites for hydroxylation is 1. The van der Waals surface area contributed by atoms with Crippen LogP contribution in [-0.2, 0) is 4.79 Å². The van der Waals surface area contributed by atoms with Gasteiger partial charge in [-0.15, -0.1) is 0 Å². The van der Waals surface area contributed by atoms with Crippen LogP contribution in [0.25, 0.3) is 0 Å². The Bertz CT molecular complexity index is 1050. The minimum atomic E-state index is -0.457. The van der Waals surface area contributed by atoms with Crippen molar-refractivity contribution < 1.29 is 9.53 Å². The second-order valence-corrected chi connectivity index (χ2v) is 6.61. The van der Waals surface area contributed by atoms with E-state index in [1.807, 2.05) is 62.4 Å². The number of nitrogens with zero attached hydrogens (tertiary/aromatic N) is 4. The van der Waals surface area contributed by atoms with Gasteiger partial charge < -0.3 is 15.4 Å². The van der Waals surface area contributed by atoms with Crippen molar-refractivity contribution in [3.63, 3.8) is 0 Å². The number of fused-ring (bicyclic) bond motifs is 1. The van der Waals surface area contributed by atoms with Gasteiger partial charge >= 0.3 is 0 Å². The summed E-state index contributed by atoms with van der Waals surface area (Å²) in [5.41, 5.74) is 3.94. The van der Waals surface area contributed by atoms with E-state index in [4.69, 9.17) is 4.74 Å². The highest BCUT2D eigenvalue weighted by Gasteiger charge is 2.34. The van der Waals surface area contributed by atoms with Gasteiger partial charge in [-0.25, -0.2) is 0 Å². The first kappa shape index (κ1) is 17.7. The third kappa shape index (κ3) is 3.20. The van der Waals surface area contributed by atoms with E-state index in [0.29, 0.717) is 17.2 Å². The van der Waals surface area contributed by atoms with E-state index in [1.165, 1.54) is 0 Å². The Morgan fingerprint density at radius 1 is 1.18 bits per heavy atom. The number of carbonyl (C=O) groups excluding carboxylic acids is 1. The minimum Gasteiger partial charge on any atom is -0.497 e. The topological polar surface area (TPSA) is 94.0 Å². The zero-order valence-electron chi connectivity index (χ0n) is 15.8. The highest BCUT2D eigenvalue weighted by molar-refractivity contribution is 6.06. The van der Waals surface area contributed by atoms with Gasteiger partial charge in [-0.1, -0.05) is 29.4 Å². The summed E-state index contributed by atoms with van der Waals surface area (Å²) in [4.78, 5) is 13.2. The number of aromatic nitrogens is 4. The largest absolute Gasteiger partial charge is 0.497 e. The van der Waals surface area contributed by atoms with E-state index in [9.17, 15) is 4.79 Å². The van der Waals surface area contributed by atoms with Crippen LogP contribution in [-0.4, -0.2) is 33.2 Å². The van der Waals surface area contributed by atoms with Gasteiger partial charge in [0.25, 0.3) is 5.91 Å². The molecule has 8 nitrogen and oxygen atoms in total. The van der Waals surface area contributed by atoms with Crippen molar-refractivity contribution in [2.24, 2.45) is 0 Å². The SMILES string of the molecule is COc1ccc(C2C(C(=O)Nc3cccc(C)c3)=C(C)Nc3nnnn32)cc1. The second kappa shape index (κ2) is 7.15. The monoisotopic (exact) mass is 376 g/mol. The molecular formula is C20H20N6O2. The summed E-state index contributed by atoms with van der Waals surface area (Å²) in [5, 5.41) is 17.9. The lowest BCUT2D eigenvalue weighted by molar-refractivity contribution is -0.113. The molecule has 0 saturated heterocycles. The zero-order chi connectivity index (χ0) is 19.7. The van der Waals surface area contributed by atoms with Crippen LogP contribution in [0.4, 0.5) is 11.6 Å². The lowest BCUT2D eigenvalue weighted by Crippen LogP contribution is -2.31. The summed E-state index contributed by atoms with van der Waals surface area (Å²) in [6.45, 7) is 3.83. The number of carbonyl (C=O) groups is 1. The average Bonchev–Trinajstić information content (AvgIpc) is 3.15. The van der Waals surface area contributed by atoms with E-state index >= 15 is 0 Å². The molecule has 0 spiro atoms. The van der Waals surface area contributed by atoms with Crippen LogP contribution in [0.15, 0.2) is 59.8 Å². The van der Waals surface area contributed by atoms with Crippen LogP contribution in [0.1, 0.15) is 24.1 Å². The maximum atomic E-state index is 13.2. The van der Waals surface area contributed by atoms with Crippen LogP contribution >= 0.6 is 0 Å². The van der Waals surface area contributed by atoms with E-state index in [0.717, 1.165) is 22.6 Å². The fraction of sp³-hybridized carbons (Fsp3) is 0.200. The predicted octanol–water partition coefficient (Wildman–Crippen LogP) is 2.92. The van der Waals surface area contributed by atoms with Crippen molar-refractivity contribution in [2.75, 3.05) is 17.7 Å². The quantitative estimate of drug-likeness (QED) is 0.727. The molecule has 2 N–H and O–H groups in total. The van der Waals surface area contributed by atoms with Crippen molar-refractivity contribution >= 4 is 17.5 Å². The number of benzene rings is 2. The number of amides is 1. The Labute approximate surface area is 162 Å². The normalized spacial score (nSPS) is 15.6. The number of anilines is 2. The Morgan fingerprint density at radius 2 is 1.96 bits per heavy atom. The van der Waals surface area contributed by atoms with Gasteiger partial charge in [-0.05, 0) is 59.7 Å². The Hall–Kier alpha value is -3.68. The van der Waals surface area contributed by atoms with Crippen LogP contribution < -0.4 is 15.4 Å². The molecule has 1 aliphatic rings. The van der Waals surface area contributed by atoms with Gasteiger partial charge in [0, 0.05) is 11.4 Å². The molecule has 0 radical (unpaired) electrons. The molecule has 8 heteroatoms. The van der Waals surface area contributed by atoms with Gasteiger partial charge in [0.1, 0.15) is 11.8 Å². The molecule has 2 aromatic carbocycles. The first-order valence-corrected chi connectivity index (χ1v) is 8.84. The lowest BCUT2D eigenvalue weighted by Gasteiger charge is -2.28. The molecule has 4 rings (SSSR count). The van der Waals surface area contributed by atoms with Crippen molar-refractivity contribution in [1.82, 2.24) is 20.2 Å². The Kier molecular flexibility index (Phi) is 4.52. The summed E-state index contributed by atoms with van der Waals surface area (Å²) < 4.78 is 6.86. The predicted molar refractivity (Wildman–Crippen MR) is 105 cm³/mol. The van der Waals surface area contributed by atoms with Gasteiger partial charge in [0.2, 0.25) is 5.95 Å². The number of hydrogen-bond acceptors (Lipinski definition) is 6. The van der Waals surface area contributed by atoms with Gasteiger partial charge in [-0.2, -0.15) is 4.68 Å². The first-order chi connectivity index (χ1) is 13.6. The Balaban J connectivity index is 1.74. The molecule has 2 heterocycles. The highest BCUT2D eigenvalue weighted by atomic mass is 16.5. The minimum absolute atomic E-state index is 0.211. The maximum absolute atomic E-state index is 13.2. The summed E-state index contributed by atoms with van der Waals surface area (Å²) in [6, 6.07) is 14.8. The third-order valence-corrected chi connectivity index (χ3v) is 4.67. The van der Waals surface area contributed by atoms with E-state index < -0.39 is 6.04 Å². The molecule has 0 bridgehead atoms. The maximum Gasteiger partial charge on any atom is 0.255 e. The summed E-state index contributed by atoms with van der Waals surface area (Å²) in [6.07, 6.45) is 0. The van der Waals surface area contributed by atoms with E-state index in [-0.39, 0.29) is 5.91 Å². The smallest absolute Gasteiger partial charge is 0.255 e. The molecular weight excluding hydrogens is 356 g/mol. The van der Waals surface area contributed by atoms with Crippen molar-refractivity contribution in [3.05, 3.63) is 70.9 Å². The highest BCUT2D eigenvalue weighted by Crippen LogP contribution is 2.35. The van der Waals surface area contributed by atoms with Crippen molar-refractivity contribution in [3.8, 4) is 5.75 Å². The zero-order valence-corrected chi connectivity index (χ0v) is 15.8. The van der Waals surface area contributed by atoms with Gasteiger partial charge in [-0.3, -0.25) is 4.79 Å². The standard InChI is InChI=1S/C20H20N6O2/c1-12-5-4-6-15(11-12)22-19(27)17-13(2)21-20-23-24-25-26(20)18(17)14-7-9-16(28-3)10-8-14/h4-11,18H,1-3H3,(H,22,27)(H,21,23,25). The number of ether oxygens (including phenoxy) is 1. The fourth-order valence-electron chi connectivity index (χ4n) is 3.32. The molecule has 0 aliphatic carbocycles. The summed E-state index contributed by atoms with van der Waals surface area (Å²) in [5.74, 6) is 1.02. The number of methoxy groups -OCH3 is 1. The van der Waals surface area contributed by atoms with Gasteiger partial charge in [0.05, 0.1) is 12.7 Å². The number of nitrogens with one attached hydrogen (secondary N) is 2. The van der Waals surface area contributed by atoms with Crippen LogP contribution in [0.3, 0.4) is 0 Å². The summed E-state index contributed by atoms with van der Waals surface area (Å²) in [7, 11) is 1.61. The average molecular weight is 376 g/mol. The van der Waals surface area contributed by atoms with E-state index in [2.05, 4.69) is 26.2 Å². The van der Waals surface area contributed by atoms with Crippen molar-refractivity contribution in [2.45, 2.75) is 19.9 Å². The summed E-state index contributed by atoms with van der Waals surface area (Å²) >= 11 is 0. The number of rotatable bonds is 4. The molecule has 0 fully saturated rings. The molecule has 1 aromatic heterocycles. The first-order valence-electron chi connectivity index (χ1n) is 8.84. The lowest BCUT2D eigenvalue weighted by atomic mass is 9.95. The van der Waals surface area contributed by atoms with Gasteiger partial charge in [0.15, 0.2) is 0 Å². The number of hydrogen-bond donors (Lipinski definition) is 2. The fourth-order valence-corrected chi connectivity index (χ4v) is 3.32. The third-order valence-electron chi connectivity index (χ3n) is 4.67. The number of allylic oxidation sites excluding steroid dienone is 1. The van der Waals surface area contributed by atoms with Crippen molar-refractivity contribution in [1.29, 1.82) is 0 Å². The second-order valence-electron chi connectivity index (χ2n) is 6.61.